The fourth-order valence-electron chi connectivity index (χ4n) is 1.51. The molecule has 0 aliphatic heterocycles. The highest BCUT2D eigenvalue weighted by Crippen LogP contribution is 2.28. The molecule has 2 aromatic rings. The maximum Gasteiger partial charge on any atom is 0.161 e. The van der Waals surface area contributed by atoms with Crippen LogP contribution in [-0.4, -0.2) is 18.4 Å². The standard InChI is InChI=1S/C14H13NO3/c1-17-14-8-11(9-16)5-6-13(14)18-10-12-4-2-3-7-15-12/h2-9H,10H2,1H3. The number of nitrogens with zero attached hydrogens (tertiary/aromatic N) is 1. The van der Waals surface area contributed by atoms with Gasteiger partial charge in [-0.1, -0.05) is 6.07 Å². The number of hydrogen-bond acceptors (Lipinski definition) is 4. The van der Waals surface area contributed by atoms with Crippen molar-refractivity contribution in [2.75, 3.05) is 7.11 Å². The van der Waals surface area contributed by atoms with Crippen LogP contribution in [0.4, 0.5) is 0 Å². The average molecular weight is 243 g/mol. The van der Waals surface area contributed by atoms with Crippen LogP contribution in [0, 0.1) is 0 Å². The van der Waals surface area contributed by atoms with Crippen LogP contribution in [0.5, 0.6) is 11.5 Å². The van der Waals surface area contributed by atoms with Crippen molar-refractivity contribution < 1.29 is 14.3 Å². The van der Waals surface area contributed by atoms with Crippen LogP contribution < -0.4 is 9.47 Å². The minimum atomic E-state index is 0.359. The first kappa shape index (κ1) is 12.1. The maximum absolute atomic E-state index is 10.7. The van der Waals surface area contributed by atoms with E-state index in [1.807, 2.05) is 18.2 Å². The lowest BCUT2D eigenvalue weighted by molar-refractivity contribution is 0.112. The predicted octanol–water partition coefficient (Wildman–Crippen LogP) is 2.48. The first-order chi connectivity index (χ1) is 8.83. The number of ether oxygens (including phenoxy) is 2. The van der Waals surface area contributed by atoms with Gasteiger partial charge in [-0.15, -0.1) is 0 Å². The zero-order valence-corrected chi connectivity index (χ0v) is 10.00. The van der Waals surface area contributed by atoms with Crippen molar-refractivity contribution in [2.24, 2.45) is 0 Å². The fraction of sp³-hybridized carbons (Fsp3) is 0.143. The molecule has 4 nitrogen and oxygen atoms in total. The van der Waals surface area contributed by atoms with E-state index in [2.05, 4.69) is 4.98 Å². The summed E-state index contributed by atoms with van der Waals surface area (Å²) in [6, 6.07) is 10.7. The molecule has 0 N–H and O–H groups in total. The van der Waals surface area contributed by atoms with E-state index in [-0.39, 0.29) is 0 Å². The first-order valence-electron chi connectivity index (χ1n) is 5.49. The molecule has 0 atom stereocenters. The second kappa shape index (κ2) is 5.82. The lowest BCUT2D eigenvalue weighted by Gasteiger charge is -2.10. The minimum Gasteiger partial charge on any atom is -0.493 e. The zero-order chi connectivity index (χ0) is 12.8. The third-order valence-corrected chi connectivity index (χ3v) is 2.43. The summed E-state index contributed by atoms with van der Waals surface area (Å²) in [5.41, 5.74) is 1.39. The SMILES string of the molecule is COc1cc(C=O)ccc1OCc1ccccn1. The molecule has 0 radical (unpaired) electrons. The molecule has 0 bridgehead atoms. The molecule has 0 aliphatic rings. The summed E-state index contributed by atoms with van der Waals surface area (Å²) in [7, 11) is 1.54. The highest BCUT2D eigenvalue weighted by molar-refractivity contribution is 5.76. The van der Waals surface area contributed by atoms with Crippen molar-refractivity contribution in [3.05, 3.63) is 53.9 Å². The molecule has 18 heavy (non-hydrogen) atoms. The molecule has 0 spiro atoms. The van der Waals surface area contributed by atoms with E-state index >= 15 is 0 Å². The smallest absolute Gasteiger partial charge is 0.161 e. The van der Waals surface area contributed by atoms with E-state index in [4.69, 9.17) is 9.47 Å². The summed E-state index contributed by atoms with van der Waals surface area (Å²) in [5, 5.41) is 0. The zero-order valence-electron chi connectivity index (χ0n) is 10.00. The van der Waals surface area contributed by atoms with E-state index in [9.17, 15) is 4.79 Å². The molecule has 1 aromatic carbocycles. The van der Waals surface area contributed by atoms with Gasteiger partial charge >= 0.3 is 0 Å². The Kier molecular flexibility index (Phi) is 3.91. The number of aromatic nitrogens is 1. The van der Waals surface area contributed by atoms with Gasteiger partial charge in [0.1, 0.15) is 12.9 Å². The molecular formula is C14H13NO3. The summed E-state index contributed by atoms with van der Waals surface area (Å²) in [5.74, 6) is 1.13. The third-order valence-electron chi connectivity index (χ3n) is 2.43. The fourth-order valence-corrected chi connectivity index (χ4v) is 1.51. The highest BCUT2D eigenvalue weighted by Gasteiger charge is 2.06. The molecule has 0 saturated heterocycles. The highest BCUT2D eigenvalue weighted by atomic mass is 16.5. The van der Waals surface area contributed by atoms with Gasteiger partial charge in [0.25, 0.3) is 0 Å². The molecule has 0 fully saturated rings. The van der Waals surface area contributed by atoms with Gasteiger partial charge in [0.05, 0.1) is 12.8 Å². The number of methoxy groups -OCH3 is 1. The Hall–Kier alpha value is -2.36. The number of benzene rings is 1. The Morgan fingerprint density at radius 1 is 1.22 bits per heavy atom. The van der Waals surface area contributed by atoms with Gasteiger partial charge < -0.3 is 9.47 Å². The lowest BCUT2D eigenvalue weighted by atomic mass is 10.2. The van der Waals surface area contributed by atoms with E-state index in [1.165, 1.54) is 7.11 Å². The van der Waals surface area contributed by atoms with Crippen molar-refractivity contribution in [1.29, 1.82) is 0 Å². The van der Waals surface area contributed by atoms with Gasteiger partial charge in [-0.25, -0.2) is 0 Å². The number of rotatable bonds is 5. The van der Waals surface area contributed by atoms with Gasteiger partial charge in [-0.05, 0) is 30.3 Å². The number of carbonyl (C=O) groups excluding carboxylic acids is 1. The van der Waals surface area contributed by atoms with Crippen molar-refractivity contribution in [3.63, 3.8) is 0 Å². The van der Waals surface area contributed by atoms with Gasteiger partial charge in [0.2, 0.25) is 0 Å². The topological polar surface area (TPSA) is 48.4 Å². The number of pyridine rings is 1. The summed E-state index contributed by atoms with van der Waals surface area (Å²) in [4.78, 5) is 14.8. The Morgan fingerprint density at radius 2 is 2.11 bits per heavy atom. The molecule has 0 saturated carbocycles. The summed E-state index contributed by atoms with van der Waals surface area (Å²) in [6.45, 7) is 0.359. The van der Waals surface area contributed by atoms with Crippen LogP contribution in [0.1, 0.15) is 16.1 Å². The van der Waals surface area contributed by atoms with E-state index in [0.717, 1.165) is 12.0 Å². The predicted molar refractivity (Wildman–Crippen MR) is 67.0 cm³/mol. The van der Waals surface area contributed by atoms with Crippen molar-refractivity contribution in [3.8, 4) is 11.5 Å². The summed E-state index contributed by atoms with van der Waals surface area (Å²) >= 11 is 0. The average Bonchev–Trinajstić information content (AvgIpc) is 2.46. The van der Waals surface area contributed by atoms with Gasteiger partial charge in [-0.3, -0.25) is 9.78 Å². The third kappa shape index (κ3) is 2.85. The van der Waals surface area contributed by atoms with E-state index in [0.29, 0.717) is 23.7 Å². The number of aldehydes is 1. The molecule has 0 aliphatic carbocycles. The van der Waals surface area contributed by atoms with Crippen molar-refractivity contribution in [2.45, 2.75) is 6.61 Å². The summed E-state index contributed by atoms with van der Waals surface area (Å²) < 4.78 is 10.8. The Morgan fingerprint density at radius 3 is 2.78 bits per heavy atom. The van der Waals surface area contributed by atoms with E-state index in [1.54, 1.807) is 24.4 Å². The molecule has 1 heterocycles. The first-order valence-corrected chi connectivity index (χ1v) is 5.49. The van der Waals surface area contributed by atoms with E-state index < -0.39 is 0 Å². The lowest BCUT2D eigenvalue weighted by Crippen LogP contribution is -1.99. The Balaban J connectivity index is 2.11. The molecule has 0 amide bonds. The van der Waals surface area contributed by atoms with Gasteiger partial charge in [-0.2, -0.15) is 0 Å². The van der Waals surface area contributed by atoms with Crippen LogP contribution in [0.25, 0.3) is 0 Å². The number of hydrogen-bond donors (Lipinski definition) is 0. The van der Waals surface area contributed by atoms with Crippen LogP contribution in [0.15, 0.2) is 42.6 Å². The quantitative estimate of drug-likeness (QED) is 0.757. The second-order valence-electron chi connectivity index (χ2n) is 3.64. The molecular weight excluding hydrogens is 230 g/mol. The summed E-state index contributed by atoms with van der Waals surface area (Å²) in [6.07, 6.45) is 2.48. The second-order valence-corrected chi connectivity index (χ2v) is 3.64. The van der Waals surface area contributed by atoms with Gasteiger partial charge in [0, 0.05) is 11.8 Å². The number of carbonyl (C=O) groups is 1. The normalized spacial score (nSPS) is 9.83. The van der Waals surface area contributed by atoms with Crippen LogP contribution in [0.2, 0.25) is 0 Å². The minimum absolute atomic E-state index is 0.359. The van der Waals surface area contributed by atoms with Crippen molar-refractivity contribution in [1.82, 2.24) is 4.98 Å². The molecule has 0 unspecified atom stereocenters. The molecule has 92 valence electrons. The molecule has 4 heteroatoms. The van der Waals surface area contributed by atoms with Crippen LogP contribution in [-0.2, 0) is 6.61 Å². The maximum atomic E-state index is 10.7. The Labute approximate surface area is 105 Å². The van der Waals surface area contributed by atoms with Gasteiger partial charge in [0.15, 0.2) is 11.5 Å². The largest absolute Gasteiger partial charge is 0.493 e. The molecule has 2 rings (SSSR count). The Bertz CT molecular complexity index is 526. The monoisotopic (exact) mass is 243 g/mol. The van der Waals surface area contributed by atoms with Crippen LogP contribution in [0.3, 0.4) is 0 Å². The molecule has 1 aromatic heterocycles. The van der Waals surface area contributed by atoms with Crippen LogP contribution >= 0.6 is 0 Å². The van der Waals surface area contributed by atoms with Crippen molar-refractivity contribution >= 4 is 6.29 Å².